The van der Waals surface area contributed by atoms with E-state index in [0.717, 1.165) is 34.6 Å². The van der Waals surface area contributed by atoms with E-state index in [2.05, 4.69) is 22.4 Å². The zero-order valence-corrected chi connectivity index (χ0v) is 13.9. The summed E-state index contributed by atoms with van der Waals surface area (Å²) in [5, 5.41) is 4.25. The van der Waals surface area contributed by atoms with Crippen LogP contribution >= 0.6 is 0 Å². The molecule has 122 valence electrons. The Hall–Kier alpha value is -2.56. The molecule has 0 bridgehead atoms. The van der Waals surface area contributed by atoms with Gasteiger partial charge in [-0.3, -0.25) is 4.98 Å². The molecule has 2 aromatic rings. The molecule has 23 heavy (non-hydrogen) atoms. The van der Waals surface area contributed by atoms with Gasteiger partial charge in [-0.2, -0.15) is 5.10 Å². The molecule has 1 aromatic heterocycles. The van der Waals surface area contributed by atoms with E-state index >= 15 is 0 Å². The number of nitrogens with one attached hydrogen (secondary N) is 1. The summed E-state index contributed by atoms with van der Waals surface area (Å²) in [7, 11) is 1.65. The van der Waals surface area contributed by atoms with Crippen LogP contribution in [0.25, 0.3) is 0 Å². The van der Waals surface area contributed by atoms with Crippen LogP contribution in [0.2, 0.25) is 0 Å². The quantitative estimate of drug-likeness (QED) is 0.600. The van der Waals surface area contributed by atoms with Gasteiger partial charge in [-0.15, -0.1) is 0 Å². The number of hydrazone groups is 1. The Balaban J connectivity index is 2.02. The molecule has 1 N–H and O–H groups in total. The first-order chi connectivity index (χ1) is 11.2. The predicted octanol–water partition coefficient (Wildman–Crippen LogP) is 3.31. The SMILES string of the molecule is CCCOc1c(C)cc(/C=N/NCc2cccnc2)cc1OC. The van der Waals surface area contributed by atoms with Crippen LogP contribution in [-0.4, -0.2) is 24.9 Å². The van der Waals surface area contributed by atoms with E-state index in [1.165, 1.54) is 0 Å². The third-order valence-corrected chi connectivity index (χ3v) is 3.24. The normalized spacial score (nSPS) is 10.7. The Kier molecular flexibility index (Phi) is 6.41. The topological polar surface area (TPSA) is 55.7 Å². The largest absolute Gasteiger partial charge is 0.493 e. The maximum Gasteiger partial charge on any atom is 0.164 e. The second-order valence-corrected chi connectivity index (χ2v) is 5.17. The Morgan fingerprint density at radius 1 is 1.35 bits per heavy atom. The van der Waals surface area contributed by atoms with Gasteiger partial charge in [0.05, 0.1) is 26.5 Å². The number of aryl methyl sites for hydroxylation is 1. The summed E-state index contributed by atoms with van der Waals surface area (Å²) in [5.74, 6) is 1.53. The van der Waals surface area contributed by atoms with Crippen LogP contribution in [-0.2, 0) is 6.54 Å². The Morgan fingerprint density at radius 2 is 2.22 bits per heavy atom. The number of aromatic nitrogens is 1. The molecule has 0 unspecified atom stereocenters. The summed E-state index contributed by atoms with van der Waals surface area (Å²) in [5.41, 5.74) is 6.09. The highest BCUT2D eigenvalue weighted by molar-refractivity contribution is 5.81. The van der Waals surface area contributed by atoms with Crippen molar-refractivity contribution in [2.75, 3.05) is 13.7 Å². The minimum Gasteiger partial charge on any atom is -0.493 e. The first-order valence-electron chi connectivity index (χ1n) is 7.70. The molecular formula is C18H23N3O2. The molecule has 2 rings (SSSR count). The van der Waals surface area contributed by atoms with Gasteiger partial charge in [0.15, 0.2) is 11.5 Å². The van der Waals surface area contributed by atoms with Crippen LogP contribution < -0.4 is 14.9 Å². The fraction of sp³-hybridized carbons (Fsp3) is 0.333. The summed E-state index contributed by atoms with van der Waals surface area (Å²) < 4.78 is 11.2. The summed E-state index contributed by atoms with van der Waals surface area (Å²) in [6.45, 7) is 5.40. The molecule has 0 aliphatic rings. The Bertz CT molecular complexity index is 642. The third kappa shape index (κ3) is 4.98. The second-order valence-electron chi connectivity index (χ2n) is 5.17. The minimum absolute atomic E-state index is 0.637. The Labute approximate surface area is 137 Å². The number of hydrogen-bond donors (Lipinski definition) is 1. The zero-order valence-electron chi connectivity index (χ0n) is 13.9. The molecule has 5 nitrogen and oxygen atoms in total. The lowest BCUT2D eigenvalue weighted by molar-refractivity contribution is 0.292. The van der Waals surface area contributed by atoms with Crippen molar-refractivity contribution in [2.45, 2.75) is 26.8 Å². The zero-order chi connectivity index (χ0) is 16.5. The molecule has 0 spiro atoms. The molecule has 0 aliphatic heterocycles. The van der Waals surface area contributed by atoms with E-state index < -0.39 is 0 Å². The monoisotopic (exact) mass is 313 g/mol. The van der Waals surface area contributed by atoms with Crippen molar-refractivity contribution < 1.29 is 9.47 Å². The average molecular weight is 313 g/mol. The molecule has 0 radical (unpaired) electrons. The average Bonchev–Trinajstić information content (AvgIpc) is 2.58. The van der Waals surface area contributed by atoms with Gasteiger partial charge >= 0.3 is 0 Å². The lowest BCUT2D eigenvalue weighted by Gasteiger charge is -2.13. The van der Waals surface area contributed by atoms with Gasteiger partial charge in [0.25, 0.3) is 0 Å². The first-order valence-corrected chi connectivity index (χ1v) is 7.70. The molecule has 0 aliphatic carbocycles. The maximum absolute atomic E-state index is 5.75. The molecule has 1 heterocycles. The van der Waals surface area contributed by atoms with E-state index in [1.54, 1.807) is 19.5 Å². The van der Waals surface area contributed by atoms with Gasteiger partial charge < -0.3 is 14.9 Å². The van der Waals surface area contributed by atoms with E-state index in [4.69, 9.17) is 9.47 Å². The van der Waals surface area contributed by atoms with Gasteiger partial charge in [-0.1, -0.05) is 13.0 Å². The van der Waals surface area contributed by atoms with Crippen LogP contribution in [0.3, 0.4) is 0 Å². The predicted molar refractivity (Wildman–Crippen MR) is 92.2 cm³/mol. The number of benzene rings is 1. The maximum atomic E-state index is 5.75. The summed E-state index contributed by atoms with van der Waals surface area (Å²) in [6.07, 6.45) is 6.30. The number of rotatable bonds is 8. The number of hydrogen-bond acceptors (Lipinski definition) is 5. The fourth-order valence-corrected chi connectivity index (χ4v) is 2.14. The lowest BCUT2D eigenvalue weighted by atomic mass is 10.1. The van der Waals surface area contributed by atoms with Gasteiger partial charge in [-0.25, -0.2) is 0 Å². The van der Waals surface area contributed by atoms with Crippen LogP contribution in [0.1, 0.15) is 30.0 Å². The lowest BCUT2D eigenvalue weighted by Crippen LogP contribution is -2.06. The standard InChI is InChI=1S/C18H23N3O2/c1-4-8-23-18-14(2)9-16(10-17(18)22-3)13-21-20-12-15-6-5-7-19-11-15/h5-7,9-11,13,20H,4,8,12H2,1-3H3/b21-13+. The molecule has 5 heteroatoms. The number of ether oxygens (including phenoxy) is 2. The van der Waals surface area contributed by atoms with Crippen molar-refractivity contribution in [2.24, 2.45) is 5.10 Å². The molecule has 0 amide bonds. The van der Waals surface area contributed by atoms with Crippen molar-refractivity contribution in [3.8, 4) is 11.5 Å². The number of nitrogens with zero attached hydrogens (tertiary/aromatic N) is 2. The smallest absolute Gasteiger partial charge is 0.164 e. The van der Waals surface area contributed by atoms with E-state index in [0.29, 0.717) is 13.2 Å². The van der Waals surface area contributed by atoms with Crippen molar-refractivity contribution in [1.29, 1.82) is 0 Å². The first kappa shape index (κ1) is 16.8. The Morgan fingerprint density at radius 3 is 2.91 bits per heavy atom. The third-order valence-electron chi connectivity index (χ3n) is 3.24. The second kappa shape index (κ2) is 8.78. The van der Waals surface area contributed by atoms with E-state index in [-0.39, 0.29) is 0 Å². The molecular weight excluding hydrogens is 290 g/mol. The van der Waals surface area contributed by atoms with E-state index in [1.807, 2.05) is 37.4 Å². The van der Waals surface area contributed by atoms with Gasteiger partial charge in [0.2, 0.25) is 0 Å². The van der Waals surface area contributed by atoms with Crippen molar-refractivity contribution in [3.05, 3.63) is 53.3 Å². The van der Waals surface area contributed by atoms with Gasteiger partial charge in [0.1, 0.15) is 0 Å². The summed E-state index contributed by atoms with van der Waals surface area (Å²) in [4.78, 5) is 4.07. The minimum atomic E-state index is 0.637. The van der Waals surface area contributed by atoms with Crippen LogP contribution in [0.5, 0.6) is 11.5 Å². The number of methoxy groups -OCH3 is 1. The van der Waals surface area contributed by atoms with Crippen LogP contribution in [0.4, 0.5) is 0 Å². The van der Waals surface area contributed by atoms with E-state index in [9.17, 15) is 0 Å². The van der Waals surface area contributed by atoms with Gasteiger partial charge in [-0.05, 0) is 48.2 Å². The highest BCUT2D eigenvalue weighted by Crippen LogP contribution is 2.32. The van der Waals surface area contributed by atoms with Crippen molar-refractivity contribution >= 4 is 6.21 Å². The highest BCUT2D eigenvalue weighted by atomic mass is 16.5. The van der Waals surface area contributed by atoms with Crippen LogP contribution in [0.15, 0.2) is 41.8 Å². The molecule has 0 fully saturated rings. The highest BCUT2D eigenvalue weighted by Gasteiger charge is 2.09. The summed E-state index contributed by atoms with van der Waals surface area (Å²) >= 11 is 0. The molecule has 1 aromatic carbocycles. The van der Waals surface area contributed by atoms with Crippen LogP contribution in [0, 0.1) is 6.92 Å². The molecule has 0 atom stereocenters. The summed E-state index contributed by atoms with van der Waals surface area (Å²) in [6, 6.07) is 7.86. The van der Waals surface area contributed by atoms with Crippen molar-refractivity contribution in [3.63, 3.8) is 0 Å². The van der Waals surface area contributed by atoms with Crippen molar-refractivity contribution in [1.82, 2.24) is 10.4 Å². The van der Waals surface area contributed by atoms with Gasteiger partial charge in [0, 0.05) is 12.4 Å². The fourth-order valence-electron chi connectivity index (χ4n) is 2.14. The molecule has 0 saturated heterocycles. The number of pyridine rings is 1. The molecule has 0 saturated carbocycles.